The molecule has 0 bridgehead atoms. The summed E-state index contributed by atoms with van der Waals surface area (Å²) >= 11 is 0. The number of nitrogens with zero attached hydrogens (tertiary/aromatic N) is 1. The molecule has 0 aliphatic rings. The van der Waals surface area contributed by atoms with Crippen molar-refractivity contribution in [3.05, 3.63) is 35.9 Å². The van der Waals surface area contributed by atoms with Crippen LogP contribution in [0.1, 0.15) is 46.1 Å². The number of hydrogen-bond donors (Lipinski definition) is 0. The Labute approximate surface area is 151 Å². The molecule has 0 aromatic heterocycles. The van der Waals surface area contributed by atoms with Gasteiger partial charge in [-0.25, -0.2) is 0 Å². The van der Waals surface area contributed by atoms with Crippen molar-refractivity contribution in [3.63, 3.8) is 0 Å². The molecule has 25 heavy (non-hydrogen) atoms. The van der Waals surface area contributed by atoms with Crippen LogP contribution in [0.4, 0.5) is 0 Å². The maximum Gasteiger partial charge on any atom is 0.312 e. The molecule has 0 saturated carbocycles. The van der Waals surface area contributed by atoms with Crippen LogP contribution in [0, 0.1) is 5.41 Å². The Morgan fingerprint density at radius 3 is 2.28 bits per heavy atom. The highest BCUT2D eigenvalue weighted by Gasteiger charge is 2.31. The second kappa shape index (κ2) is 10.9. The molecule has 0 N–H and O–H groups in total. The van der Waals surface area contributed by atoms with Gasteiger partial charge in [0, 0.05) is 19.5 Å². The molecule has 1 rings (SSSR count). The molecule has 0 radical (unpaired) electrons. The van der Waals surface area contributed by atoms with Gasteiger partial charge in [0.15, 0.2) is 0 Å². The van der Waals surface area contributed by atoms with Crippen molar-refractivity contribution < 1.29 is 19.1 Å². The van der Waals surface area contributed by atoms with Crippen LogP contribution in [0.25, 0.3) is 0 Å². The molecule has 0 aliphatic heterocycles. The van der Waals surface area contributed by atoms with Gasteiger partial charge in [0.05, 0.1) is 18.6 Å². The van der Waals surface area contributed by atoms with E-state index in [1.807, 2.05) is 45.9 Å². The SMILES string of the molecule is CCOC(=O)CCCN(Cc1ccccc1)CC(C)(C)C(=O)OCC. The standard InChI is InChI=1S/C20H31NO4/c1-5-24-18(22)13-10-14-21(15-17-11-8-7-9-12-17)16-20(3,4)19(23)25-6-2/h7-9,11-12H,5-6,10,13-16H2,1-4H3. The highest BCUT2D eigenvalue weighted by Crippen LogP contribution is 2.21. The van der Waals surface area contributed by atoms with Crippen molar-refractivity contribution in [3.8, 4) is 0 Å². The number of carbonyl (C=O) groups is 2. The lowest BCUT2D eigenvalue weighted by Crippen LogP contribution is -2.40. The molecule has 0 amide bonds. The number of hydrogen-bond acceptors (Lipinski definition) is 5. The Balaban J connectivity index is 2.70. The molecule has 1 aromatic rings. The summed E-state index contributed by atoms with van der Waals surface area (Å²) in [6.07, 6.45) is 1.09. The Bertz CT molecular complexity index is 528. The van der Waals surface area contributed by atoms with E-state index in [4.69, 9.17) is 9.47 Å². The average molecular weight is 349 g/mol. The second-order valence-corrected chi connectivity index (χ2v) is 6.71. The van der Waals surface area contributed by atoms with E-state index in [0.717, 1.165) is 13.1 Å². The molecular formula is C20H31NO4. The van der Waals surface area contributed by atoms with Crippen molar-refractivity contribution in [1.82, 2.24) is 4.90 Å². The summed E-state index contributed by atoms with van der Waals surface area (Å²) in [4.78, 5) is 25.9. The smallest absolute Gasteiger partial charge is 0.312 e. The van der Waals surface area contributed by atoms with Crippen LogP contribution in [0.2, 0.25) is 0 Å². The third-order valence-corrected chi connectivity index (χ3v) is 3.86. The van der Waals surface area contributed by atoms with Crippen molar-refractivity contribution in [1.29, 1.82) is 0 Å². The Hall–Kier alpha value is -1.88. The van der Waals surface area contributed by atoms with Crippen LogP contribution in [-0.4, -0.2) is 43.1 Å². The first-order valence-electron chi connectivity index (χ1n) is 8.98. The molecule has 0 spiro atoms. The molecule has 1 aromatic carbocycles. The van der Waals surface area contributed by atoms with E-state index in [9.17, 15) is 9.59 Å². The van der Waals surface area contributed by atoms with Gasteiger partial charge in [0.25, 0.3) is 0 Å². The summed E-state index contributed by atoms with van der Waals surface area (Å²) in [6, 6.07) is 10.1. The van der Waals surface area contributed by atoms with Crippen LogP contribution in [0.15, 0.2) is 30.3 Å². The maximum absolute atomic E-state index is 12.2. The zero-order valence-corrected chi connectivity index (χ0v) is 15.9. The van der Waals surface area contributed by atoms with Gasteiger partial charge in [0.1, 0.15) is 0 Å². The molecule has 5 nitrogen and oxygen atoms in total. The Morgan fingerprint density at radius 2 is 1.68 bits per heavy atom. The fourth-order valence-corrected chi connectivity index (χ4v) is 2.69. The van der Waals surface area contributed by atoms with Crippen LogP contribution in [0.3, 0.4) is 0 Å². The van der Waals surface area contributed by atoms with Crippen LogP contribution in [-0.2, 0) is 25.6 Å². The normalized spacial score (nSPS) is 11.4. The Kier molecular flexibility index (Phi) is 9.21. The fraction of sp³-hybridized carbons (Fsp3) is 0.600. The summed E-state index contributed by atoms with van der Waals surface area (Å²) in [7, 11) is 0. The lowest BCUT2D eigenvalue weighted by Gasteiger charge is -2.31. The van der Waals surface area contributed by atoms with Gasteiger partial charge in [-0.15, -0.1) is 0 Å². The second-order valence-electron chi connectivity index (χ2n) is 6.71. The van der Waals surface area contributed by atoms with E-state index in [1.54, 1.807) is 0 Å². The number of benzene rings is 1. The highest BCUT2D eigenvalue weighted by molar-refractivity contribution is 5.76. The van der Waals surface area contributed by atoms with Gasteiger partial charge in [-0.3, -0.25) is 14.5 Å². The summed E-state index contributed by atoms with van der Waals surface area (Å²) in [6.45, 7) is 10.2. The number of carbonyl (C=O) groups excluding carboxylic acids is 2. The van der Waals surface area contributed by atoms with Gasteiger partial charge in [-0.2, -0.15) is 0 Å². The topological polar surface area (TPSA) is 55.8 Å². The number of esters is 2. The van der Waals surface area contributed by atoms with Crippen LogP contribution < -0.4 is 0 Å². The predicted molar refractivity (Wildman–Crippen MR) is 98.0 cm³/mol. The van der Waals surface area contributed by atoms with Crippen molar-refractivity contribution >= 4 is 11.9 Å². The molecule has 0 fully saturated rings. The monoisotopic (exact) mass is 349 g/mol. The number of ether oxygens (including phenoxy) is 2. The summed E-state index contributed by atoms with van der Waals surface area (Å²) < 4.78 is 10.2. The van der Waals surface area contributed by atoms with E-state index >= 15 is 0 Å². The quantitative estimate of drug-likeness (QED) is 0.573. The first kappa shape index (κ1) is 21.2. The zero-order valence-electron chi connectivity index (χ0n) is 15.9. The molecule has 0 heterocycles. The predicted octanol–water partition coefficient (Wildman–Crippen LogP) is 3.42. The zero-order chi connectivity index (χ0) is 18.7. The minimum atomic E-state index is -0.602. The van der Waals surface area contributed by atoms with Gasteiger partial charge in [-0.05, 0) is 46.2 Å². The summed E-state index contributed by atoms with van der Waals surface area (Å²) in [5.74, 6) is -0.370. The molecule has 0 saturated heterocycles. The van der Waals surface area contributed by atoms with E-state index in [0.29, 0.717) is 32.6 Å². The van der Waals surface area contributed by atoms with Crippen molar-refractivity contribution in [2.24, 2.45) is 5.41 Å². The lowest BCUT2D eigenvalue weighted by molar-refractivity contribution is -0.154. The molecule has 0 unspecified atom stereocenters. The molecular weight excluding hydrogens is 318 g/mol. The third-order valence-electron chi connectivity index (χ3n) is 3.86. The molecule has 0 atom stereocenters. The first-order valence-corrected chi connectivity index (χ1v) is 8.98. The van der Waals surface area contributed by atoms with E-state index < -0.39 is 5.41 Å². The third kappa shape index (κ3) is 8.16. The summed E-state index contributed by atoms with van der Waals surface area (Å²) in [5.41, 5.74) is 0.577. The fourth-order valence-electron chi connectivity index (χ4n) is 2.69. The molecule has 5 heteroatoms. The first-order chi connectivity index (χ1) is 11.9. The van der Waals surface area contributed by atoms with E-state index in [1.165, 1.54) is 5.56 Å². The van der Waals surface area contributed by atoms with Gasteiger partial charge >= 0.3 is 11.9 Å². The maximum atomic E-state index is 12.2. The Morgan fingerprint density at radius 1 is 1.04 bits per heavy atom. The molecule has 0 aliphatic carbocycles. The average Bonchev–Trinajstić information content (AvgIpc) is 2.56. The molecule has 140 valence electrons. The van der Waals surface area contributed by atoms with Gasteiger partial charge in [0.2, 0.25) is 0 Å². The van der Waals surface area contributed by atoms with Gasteiger partial charge in [-0.1, -0.05) is 30.3 Å². The van der Waals surface area contributed by atoms with Gasteiger partial charge < -0.3 is 9.47 Å². The van der Waals surface area contributed by atoms with Crippen LogP contribution >= 0.6 is 0 Å². The van der Waals surface area contributed by atoms with Crippen LogP contribution in [0.5, 0.6) is 0 Å². The lowest BCUT2D eigenvalue weighted by atomic mass is 9.92. The summed E-state index contributed by atoms with van der Waals surface area (Å²) in [5, 5.41) is 0. The number of rotatable bonds is 11. The van der Waals surface area contributed by atoms with Crippen molar-refractivity contribution in [2.75, 3.05) is 26.3 Å². The largest absolute Gasteiger partial charge is 0.466 e. The minimum absolute atomic E-state index is 0.174. The van der Waals surface area contributed by atoms with E-state index in [-0.39, 0.29) is 11.9 Å². The highest BCUT2D eigenvalue weighted by atomic mass is 16.5. The minimum Gasteiger partial charge on any atom is -0.466 e. The van der Waals surface area contributed by atoms with Crippen molar-refractivity contribution in [2.45, 2.75) is 47.1 Å². The van der Waals surface area contributed by atoms with E-state index in [2.05, 4.69) is 17.0 Å².